The van der Waals surface area contributed by atoms with Crippen molar-refractivity contribution in [2.24, 2.45) is 0 Å². The summed E-state index contributed by atoms with van der Waals surface area (Å²) in [7, 11) is 0. The lowest BCUT2D eigenvalue weighted by Crippen LogP contribution is -2.14. The maximum Gasteiger partial charge on any atom is 0.187 e. The van der Waals surface area contributed by atoms with E-state index in [1.54, 1.807) is 24.3 Å². The minimum Gasteiger partial charge on any atom is -0.507 e. The van der Waals surface area contributed by atoms with Crippen molar-refractivity contribution in [3.8, 4) is 11.5 Å². The second-order valence-electron chi connectivity index (χ2n) is 7.17. The summed E-state index contributed by atoms with van der Waals surface area (Å²) in [5.74, 6) is -0.998. The van der Waals surface area contributed by atoms with Gasteiger partial charge in [0.15, 0.2) is 11.6 Å². The molecule has 0 radical (unpaired) electrons. The highest BCUT2D eigenvalue weighted by atomic mass is 16.3. The number of ketones is 2. The first-order chi connectivity index (χ1) is 14.6. The summed E-state index contributed by atoms with van der Waals surface area (Å²) in [6, 6.07) is 21.2. The molecule has 0 saturated carbocycles. The van der Waals surface area contributed by atoms with E-state index >= 15 is 0 Å². The second kappa shape index (κ2) is 6.71. The van der Waals surface area contributed by atoms with E-state index in [2.05, 4.69) is 0 Å². The fraction of sp³-hybridized carbons (Fsp3) is 0. The molecule has 0 spiro atoms. The topological polar surface area (TPSA) is 74.6 Å². The number of rotatable bonds is 2. The summed E-state index contributed by atoms with van der Waals surface area (Å²) in [6.45, 7) is 0. The van der Waals surface area contributed by atoms with Crippen LogP contribution in [0.2, 0.25) is 0 Å². The van der Waals surface area contributed by atoms with Crippen molar-refractivity contribution in [2.45, 2.75) is 0 Å². The molecule has 0 aliphatic heterocycles. The zero-order valence-electron chi connectivity index (χ0n) is 15.8. The van der Waals surface area contributed by atoms with Gasteiger partial charge in [0.25, 0.3) is 0 Å². The van der Waals surface area contributed by atoms with Gasteiger partial charge in [-0.1, -0.05) is 60.7 Å². The normalized spacial score (nSPS) is 14.1. The lowest BCUT2D eigenvalue weighted by atomic mass is 9.82. The SMILES string of the molecule is O=C1C=CC(=O)C(c2c(O)ccc3ccccc23)=C1c1c(O)ccc2ccccc12. The van der Waals surface area contributed by atoms with E-state index in [0.29, 0.717) is 10.8 Å². The average molecular weight is 392 g/mol. The molecule has 0 unspecified atom stereocenters. The van der Waals surface area contributed by atoms with Crippen LogP contribution < -0.4 is 0 Å². The molecular weight excluding hydrogens is 376 g/mol. The van der Waals surface area contributed by atoms with Gasteiger partial charge >= 0.3 is 0 Å². The van der Waals surface area contributed by atoms with Crippen LogP contribution >= 0.6 is 0 Å². The Morgan fingerprint density at radius 2 is 0.900 bits per heavy atom. The van der Waals surface area contributed by atoms with Crippen LogP contribution in [0, 0.1) is 0 Å². The highest BCUT2D eigenvalue weighted by molar-refractivity contribution is 6.50. The largest absolute Gasteiger partial charge is 0.507 e. The number of fused-ring (bicyclic) bond motifs is 2. The molecule has 4 aromatic carbocycles. The van der Waals surface area contributed by atoms with Crippen LogP contribution in [0.15, 0.2) is 84.9 Å². The van der Waals surface area contributed by atoms with Crippen molar-refractivity contribution < 1.29 is 19.8 Å². The van der Waals surface area contributed by atoms with Gasteiger partial charge in [-0.15, -0.1) is 0 Å². The number of phenolic OH excluding ortho intramolecular Hbond substituents is 2. The van der Waals surface area contributed by atoms with Gasteiger partial charge in [0.2, 0.25) is 0 Å². The lowest BCUT2D eigenvalue weighted by molar-refractivity contribution is -0.112. The maximum atomic E-state index is 13.1. The van der Waals surface area contributed by atoms with Gasteiger partial charge in [-0.3, -0.25) is 9.59 Å². The number of hydrogen-bond donors (Lipinski definition) is 2. The highest BCUT2D eigenvalue weighted by Crippen LogP contribution is 2.43. The summed E-state index contributed by atoms with van der Waals surface area (Å²) in [5, 5.41) is 24.4. The highest BCUT2D eigenvalue weighted by Gasteiger charge is 2.30. The van der Waals surface area contributed by atoms with Crippen molar-refractivity contribution >= 4 is 44.3 Å². The van der Waals surface area contributed by atoms with Crippen LogP contribution in [-0.4, -0.2) is 21.8 Å². The van der Waals surface area contributed by atoms with Crippen LogP contribution in [0.1, 0.15) is 11.1 Å². The molecule has 4 aromatic rings. The van der Waals surface area contributed by atoms with Crippen LogP contribution in [0.25, 0.3) is 32.7 Å². The predicted octanol–water partition coefficient (Wildman–Crippen LogP) is 5.02. The molecule has 0 heterocycles. The molecule has 1 aliphatic rings. The van der Waals surface area contributed by atoms with Crippen LogP contribution in [0.4, 0.5) is 0 Å². The van der Waals surface area contributed by atoms with Crippen LogP contribution in [-0.2, 0) is 9.59 Å². The predicted molar refractivity (Wildman–Crippen MR) is 117 cm³/mol. The molecule has 0 aromatic heterocycles. The van der Waals surface area contributed by atoms with Crippen LogP contribution in [0.3, 0.4) is 0 Å². The monoisotopic (exact) mass is 392 g/mol. The van der Waals surface area contributed by atoms with Crippen molar-refractivity contribution in [1.82, 2.24) is 0 Å². The van der Waals surface area contributed by atoms with E-state index in [9.17, 15) is 19.8 Å². The number of carbonyl (C=O) groups is 2. The molecule has 1 aliphatic carbocycles. The number of allylic oxidation sites excluding steroid dienone is 4. The molecule has 144 valence electrons. The Kier molecular flexibility index (Phi) is 4.00. The summed E-state index contributed by atoms with van der Waals surface area (Å²) >= 11 is 0. The number of carbonyl (C=O) groups excluding carboxylic acids is 2. The van der Waals surface area contributed by atoms with Crippen LogP contribution in [0.5, 0.6) is 11.5 Å². The fourth-order valence-electron chi connectivity index (χ4n) is 4.11. The number of hydrogen-bond acceptors (Lipinski definition) is 4. The third-order valence-electron chi connectivity index (χ3n) is 5.44. The quantitative estimate of drug-likeness (QED) is 0.470. The summed E-state index contributed by atoms with van der Waals surface area (Å²) in [4.78, 5) is 26.2. The minimum atomic E-state index is -0.399. The third kappa shape index (κ3) is 2.62. The van der Waals surface area contributed by atoms with Gasteiger partial charge < -0.3 is 10.2 Å². The second-order valence-corrected chi connectivity index (χ2v) is 7.17. The third-order valence-corrected chi connectivity index (χ3v) is 5.44. The summed E-state index contributed by atoms with van der Waals surface area (Å²) < 4.78 is 0. The van der Waals surface area contributed by atoms with E-state index in [1.807, 2.05) is 36.4 Å². The number of benzene rings is 4. The molecule has 5 rings (SSSR count). The van der Waals surface area contributed by atoms with Gasteiger partial charge in [-0.2, -0.15) is 0 Å². The number of aromatic hydroxyl groups is 2. The van der Waals surface area contributed by atoms with E-state index < -0.39 is 11.6 Å². The number of phenols is 2. The smallest absolute Gasteiger partial charge is 0.187 e. The Hall–Kier alpha value is -4.18. The Morgan fingerprint density at radius 3 is 1.33 bits per heavy atom. The minimum absolute atomic E-state index is 0.0865. The Morgan fingerprint density at radius 1 is 0.500 bits per heavy atom. The molecule has 0 fully saturated rings. The first-order valence-electron chi connectivity index (χ1n) is 9.49. The first kappa shape index (κ1) is 17.9. The van der Waals surface area contributed by atoms with Gasteiger partial charge in [0, 0.05) is 22.3 Å². The molecule has 0 amide bonds. The lowest BCUT2D eigenvalue weighted by Gasteiger charge is -2.20. The van der Waals surface area contributed by atoms with E-state index in [1.165, 1.54) is 24.3 Å². The molecule has 30 heavy (non-hydrogen) atoms. The van der Waals surface area contributed by atoms with Gasteiger partial charge in [0.1, 0.15) is 11.5 Å². The average Bonchev–Trinajstić information content (AvgIpc) is 2.76. The van der Waals surface area contributed by atoms with Crippen molar-refractivity contribution in [3.63, 3.8) is 0 Å². The summed E-state index contributed by atoms with van der Waals surface area (Å²) in [6.07, 6.45) is 2.43. The van der Waals surface area contributed by atoms with Gasteiger partial charge in [0.05, 0.1) is 0 Å². The molecule has 0 bridgehead atoms. The Bertz CT molecular complexity index is 1330. The Balaban J connectivity index is 1.97. The fourth-order valence-corrected chi connectivity index (χ4v) is 4.11. The molecule has 4 heteroatoms. The zero-order valence-corrected chi connectivity index (χ0v) is 15.8. The molecule has 2 N–H and O–H groups in total. The molecule has 0 saturated heterocycles. The van der Waals surface area contributed by atoms with E-state index in [4.69, 9.17) is 0 Å². The van der Waals surface area contributed by atoms with Gasteiger partial charge in [-0.05, 0) is 45.8 Å². The Labute approximate surface area is 172 Å². The molecule has 0 atom stereocenters. The summed E-state index contributed by atoms with van der Waals surface area (Å²) in [5.41, 5.74) is 0.753. The van der Waals surface area contributed by atoms with E-state index in [0.717, 1.165) is 10.8 Å². The van der Waals surface area contributed by atoms with E-state index in [-0.39, 0.29) is 33.8 Å². The van der Waals surface area contributed by atoms with Crippen molar-refractivity contribution in [2.75, 3.05) is 0 Å². The standard InChI is InChI=1S/C26H16O4/c27-19-11-9-15-5-1-3-7-17(15)23(19)25-21(29)13-14-22(30)26(25)24-18-8-4-2-6-16(18)10-12-20(24)28/h1-14,27-28H. The maximum absolute atomic E-state index is 13.1. The van der Waals surface area contributed by atoms with Crippen molar-refractivity contribution in [3.05, 3.63) is 96.1 Å². The van der Waals surface area contributed by atoms with Gasteiger partial charge in [-0.25, -0.2) is 0 Å². The molecule has 4 nitrogen and oxygen atoms in total. The first-order valence-corrected chi connectivity index (χ1v) is 9.49. The zero-order chi connectivity index (χ0) is 20.8. The van der Waals surface area contributed by atoms with Crippen molar-refractivity contribution in [1.29, 1.82) is 0 Å². The molecular formula is C26H16O4.